The van der Waals surface area contributed by atoms with Crippen LogP contribution in [0.1, 0.15) is 38.2 Å². The van der Waals surface area contributed by atoms with Crippen molar-refractivity contribution in [1.82, 2.24) is 0 Å². The monoisotopic (exact) mass is 339 g/mol. The molecule has 2 aliphatic rings. The maximum Gasteiger partial charge on any atom is 0.255 e. The summed E-state index contributed by atoms with van der Waals surface area (Å²) in [4.78, 5) is 14.1. The SMILES string of the molecule is CC(OCC1CCCCO1)C(=O)N1CCCc2c(F)cc(F)cc21. The summed E-state index contributed by atoms with van der Waals surface area (Å²) in [7, 11) is 0. The van der Waals surface area contributed by atoms with Crippen molar-refractivity contribution in [3.8, 4) is 0 Å². The van der Waals surface area contributed by atoms with Gasteiger partial charge in [0.15, 0.2) is 0 Å². The molecule has 132 valence electrons. The third-order valence-electron chi connectivity index (χ3n) is 4.66. The molecule has 0 saturated carbocycles. The lowest BCUT2D eigenvalue weighted by Crippen LogP contribution is -2.43. The molecule has 6 heteroatoms. The summed E-state index contributed by atoms with van der Waals surface area (Å²) >= 11 is 0. The van der Waals surface area contributed by atoms with Crippen LogP contribution in [0.15, 0.2) is 12.1 Å². The van der Waals surface area contributed by atoms with Crippen LogP contribution < -0.4 is 4.90 Å². The first kappa shape index (κ1) is 17.3. The molecule has 2 unspecified atom stereocenters. The Morgan fingerprint density at radius 3 is 2.96 bits per heavy atom. The minimum absolute atomic E-state index is 0.0255. The number of halogens is 2. The zero-order valence-corrected chi connectivity index (χ0v) is 13.9. The smallest absolute Gasteiger partial charge is 0.255 e. The van der Waals surface area contributed by atoms with E-state index in [9.17, 15) is 13.6 Å². The summed E-state index contributed by atoms with van der Waals surface area (Å²) in [6, 6.07) is 2.10. The fourth-order valence-electron chi connectivity index (χ4n) is 3.32. The highest BCUT2D eigenvalue weighted by molar-refractivity contribution is 5.97. The van der Waals surface area contributed by atoms with E-state index in [1.54, 1.807) is 6.92 Å². The van der Waals surface area contributed by atoms with Crippen LogP contribution >= 0.6 is 0 Å². The van der Waals surface area contributed by atoms with Gasteiger partial charge in [0, 0.05) is 24.8 Å². The lowest BCUT2D eigenvalue weighted by Gasteiger charge is -2.32. The van der Waals surface area contributed by atoms with Gasteiger partial charge in [0.1, 0.15) is 17.7 Å². The third kappa shape index (κ3) is 3.75. The third-order valence-corrected chi connectivity index (χ3v) is 4.66. The molecular formula is C18H23F2NO3. The Morgan fingerprint density at radius 2 is 2.21 bits per heavy atom. The second kappa shape index (κ2) is 7.57. The Labute approximate surface area is 140 Å². The van der Waals surface area contributed by atoms with E-state index in [0.717, 1.165) is 31.9 Å². The molecule has 1 amide bonds. The van der Waals surface area contributed by atoms with Crippen molar-refractivity contribution >= 4 is 11.6 Å². The van der Waals surface area contributed by atoms with Crippen LogP contribution in [0.5, 0.6) is 0 Å². The largest absolute Gasteiger partial charge is 0.376 e. The first-order valence-electron chi connectivity index (χ1n) is 8.59. The lowest BCUT2D eigenvalue weighted by molar-refractivity contribution is -0.132. The summed E-state index contributed by atoms with van der Waals surface area (Å²) in [5, 5.41) is 0. The van der Waals surface area contributed by atoms with Gasteiger partial charge in [-0.05, 0) is 45.1 Å². The molecule has 1 fully saturated rings. The number of ether oxygens (including phenoxy) is 2. The normalized spacial score (nSPS) is 22.1. The summed E-state index contributed by atoms with van der Waals surface area (Å²) in [6.45, 7) is 3.22. The van der Waals surface area contributed by atoms with E-state index >= 15 is 0 Å². The van der Waals surface area contributed by atoms with Gasteiger partial charge in [0.05, 0.1) is 18.4 Å². The van der Waals surface area contributed by atoms with Crippen LogP contribution in [0.4, 0.5) is 14.5 Å². The summed E-state index contributed by atoms with van der Waals surface area (Å²) in [5.41, 5.74) is 0.729. The van der Waals surface area contributed by atoms with Crippen LogP contribution in [0.3, 0.4) is 0 Å². The van der Waals surface area contributed by atoms with Crippen LogP contribution in [-0.2, 0) is 20.7 Å². The van der Waals surface area contributed by atoms with Gasteiger partial charge in [-0.1, -0.05) is 0 Å². The molecule has 2 atom stereocenters. The zero-order valence-electron chi connectivity index (χ0n) is 13.9. The molecule has 0 N–H and O–H groups in total. The van der Waals surface area contributed by atoms with Gasteiger partial charge in [-0.15, -0.1) is 0 Å². The van der Waals surface area contributed by atoms with Crippen LogP contribution in [0.2, 0.25) is 0 Å². The van der Waals surface area contributed by atoms with Crippen molar-refractivity contribution in [2.45, 2.75) is 51.2 Å². The van der Waals surface area contributed by atoms with Crippen LogP contribution in [0, 0.1) is 11.6 Å². The number of nitrogens with zero attached hydrogens (tertiary/aromatic N) is 1. The summed E-state index contributed by atoms with van der Waals surface area (Å²) in [6.07, 6.45) is 3.62. The molecular weight excluding hydrogens is 316 g/mol. The molecule has 1 aromatic carbocycles. The van der Waals surface area contributed by atoms with E-state index in [-0.39, 0.29) is 12.0 Å². The molecule has 1 aromatic rings. The highest BCUT2D eigenvalue weighted by atomic mass is 19.1. The molecule has 1 saturated heterocycles. The van der Waals surface area contributed by atoms with Gasteiger partial charge in [0.2, 0.25) is 0 Å². The number of rotatable bonds is 4. The van der Waals surface area contributed by atoms with Crippen molar-refractivity contribution in [1.29, 1.82) is 0 Å². The second-order valence-corrected chi connectivity index (χ2v) is 6.44. The van der Waals surface area contributed by atoms with E-state index < -0.39 is 17.7 Å². The van der Waals surface area contributed by atoms with Gasteiger partial charge < -0.3 is 14.4 Å². The minimum Gasteiger partial charge on any atom is -0.376 e. The average molecular weight is 339 g/mol. The van der Waals surface area contributed by atoms with Crippen molar-refractivity contribution < 1.29 is 23.0 Å². The molecule has 2 aliphatic heterocycles. The fraction of sp³-hybridized carbons (Fsp3) is 0.611. The molecule has 0 radical (unpaired) electrons. The first-order chi connectivity index (χ1) is 11.6. The number of carbonyl (C=O) groups is 1. The van der Waals surface area contributed by atoms with Gasteiger partial charge in [-0.3, -0.25) is 4.79 Å². The molecule has 0 bridgehead atoms. The number of anilines is 1. The van der Waals surface area contributed by atoms with E-state index in [4.69, 9.17) is 9.47 Å². The number of carbonyl (C=O) groups excluding carboxylic acids is 1. The van der Waals surface area contributed by atoms with E-state index in [2.05, 4.69) is 0 Å². The maximum atomic E-state index is 13.9. The number of amides is 1. The number of hydrogen-bond donors (Lipinski definition) is 0. The van der Waals surface area contributed by atoms with E-state index in [0.29, 0.717) is 37.2 Å². The minimum atomic E-state index is -0.673. The Kier molecular flexibility index (Phi) is 5.46. The second-order valence-electron chi connectivity index (χ2n) is 6.44. The average Bonchev–Trinajstić information content (AvgIpc) is 2.59. The van der Waals surface area contributed by atoms with Gasteiger partial charge in [0.25, 0.3) is 5.91 Å². The summed E-state index contributed by atoms with van der Waals surface area (Å²) in [5.74, 6) is -1.53. The molecule has 0 aliphatic carbocycles. The van der Waals surface area contributed by atoms with Crippen LogP contribution in [-0.4, -0.2) is 37.9 Å². The highest BCUT2D eigenvalue weighted by Crippen LogP contribution is 2.31. The molecule has 0 aromatic heterocycles. The Hall–Kier alpha value is -1.53. The van der Waals surface area contributed by atoms with Gasteiger partial charge >= 0.3 is 0 Å². The van der Waals surface area contributed by atoms with Crippen LogP contribution in [0.25, 0.3) is 0 Å². The number of benzene rings is 1. The van der Waals surface area contributed by atoms with Crippen molar-refractivity contribution in [2.75, 3.05) is 24.7 Å². The van der Waals surface area contributed by atoms with Gasteiger partial charge in [-0.2, -0.15) is 0 Å². The molecule has 4 nitrogen and oxygen atoms in total. The molecule has 3 rings (SSSR count). The molecule has 0 spiro atoms. The lowest BCUT2D eigenvalue weighted by atomic mass is 10.0. The highest BCUT2D eigenvalue weighted by Gasteiger charge is 2.29. The number of fused-ring (bicyclic) bond motifs is 1. The maximum absolute atomic E-state index is 13.9. The van der Waals surface area contributed by atoms with Crippen molar-refractivity contribution in [2.24, 2.45) is 0 Å². The molecule has 24 heavy (non-hydrogen) atoms. The quantitative estimate of drug-likeness (QED) is 0.845. The first-order valence-corrected chi connectivity index (χ1v) is 8.59. The Balaban J connectivity index is 1.67. The van der Waals surface area contributed by atoms with Crippen molar-refractivity contribution in [3.63, 3.8) is 0 Å². The van der Waals surface area contributed by atoms with E-state index in [1.807, 2.05) is 0 Å². The predicted molar refractivity (Wildman–Crippen MR) is 86.0 cm³/mol. The topological polar surface area (TPSA) is 38.8 Å². The van der Waals surface area contributed by atoms with Gasteiger partial charge in [-0.25, -0.2) is 8.78 Å². The zero-order chi connectivity index (χ0) is 17.1. The number of hydrogen-bond acceptors (Lipinski definition) is 3. The van der Waals surface area contributed by atoms with Crippen molar-refractivity contribution in [3.05, 3.63) is 29.3 Å². The van der Waals surface area contributed by atoms with E-state index in [1.165, 1.54) is 11.0 Å². The summed E-state index contributed by atoms with van der Waals surface area (Å²) < 4.78 is 38.8. The Bertz CT molecular complexity index is 602. The predicted octanol–water partition coefficient (Wildman–Crippen LogP) is 3.22. The fourth-order valence-corrected chi connectivity index (χ4v) is 3.32. The Morgan fingerprint density at radius 1 is 1.38 bits per heavy atom. The molecule has 2 heterocycles. The standard InChI is InChI=1S/C18H23F2NO3/c1-12(24-11-14-5-2-3-8-23-14)18(22)21-7-4-6-15-16(20)9-13(19)10-17(15)21/h9-10,12,14H,2-8,11H2,1H3.